The zero-order valence-corrected chi connectivity index (χ0v) is 17.7. The summed E-state index contributed by atoms with van der Waals surface area (Å²) in [6.07, 6.45) is -3.33. The third-order valence-electron chi connectivity index (χ3n) is 4.68. The highest BCUT2D eigenvalue weighted by Gasteiger charge is 2.33. The van der Waals surface area contributed by atoms with Crippen LogP contribution in [0.2, 0.25) is 10.0 Å². The average Bonchev–Trinajstić information content (AvgIpc) is 2.89. The van der Waals surface area contributed by atoms with Crippen molar-refractivity contribution in [3.8, 4) is 0 Å². The number of sulfonamides is 1. The number of aromatic nitrogens is 1. The molecule has 0 aliphatic carbocycles. The summed E-state index contributed by atoms with van der Waals surface area (Å²) in [6.45, 7) is 2.86. The molecule has 2 aromatic rings. The summed E-state index contributed by atoms with van der Waals surface area (Å²) >= 11 is 12.1. The van der Waals surface area contributed by atoms with E-state index in [1.165, 1.54) is 16.4 Å². The van der Waals surface area contributed by atoms with Gasteiger partial charge in [-0.05, 0) is 37.1 Å². The summed E-state index contributed by atoms with van der Waals surface area (Å²) in [5.74, 6) is 0.206. The Kier molecular flexibility index (Phi) is 6.33. The molecule has 1 aliphatic heterocycles. The molecule has 1 aromatic carbocycles. The van der Waals surface area contributed by atoms with Crippen molar-refractivity contribution in [3.63, 3.8) is 0 Å². The molecule has 0 amide bonds. The number of anilines is 1. The van der Waals surface area contributed by atoms with Crippen LogP contribution in [0.1, 0.15) is 17.5 Å². The van der Waals surface area contributed by atoms with Crippen LogP contribution in [0.15, 0.2) is 35.4 Å². The van der Waals surface area contributed by atoms with E-state index in [9.17, 15) is 21.6 Å². The Morgan fingerprint density at radius 2 is 1.76 bits per heavy atom. The Morgan fingerprint density at radius 1 is 1.03 bits per heavy atom. The number of hydrogen-bond acceptors (Lipinski definition) is 4. The molecular weight excluding hydrogens is 450 g/mol. The van der Waals surface area contributed by atoms with E-state index in [0.29, 0.717) is 18.0 Å². The third-order valence-corrected chi connectivity index (χ3v) is 7.26. The smallest absolute Gasteiger partial charge is 0.354 e. The van der Waals surface area contributed by atoms with Crippen LogP contribution in [0, 0.1) is 6.92 Å². The number of benzene rings is 1. The molecule has 0 saturated carbocycles. The summed E-state index contributed by atoms with van der Waals surface area (Å²) in [5.41, 5.74) is -0.155. The lowest BCUT2D eigenvalue weighted by molar-refractivity contribution is -0.137. The number of halogens is 5. The predicted molar refractivity (Wildman–Crippen MR) is 106 cm³/mol. The lowest BCUT2D eigenvalue weighted by Gasteiger charge is -2.24. The van der Waals surface area contributed by atoms with Crippen molar-refractivity contribution in [1.82, 2.24) is 9.29 Å². The van der Waals surface area contributed by atoms with Crippen LogP contribution >= 0.6 is 23.2 Å². The molecule has 0 bridgehead atoms. The normalized spacial score (nSPS) is 16.7. The van der Waals surface area contributed by atoms with Gasteiger partial charge >= 0.3 is 6.18 Å². The van der Waals surface area contributed by atoms with Crippen LogP contribution in [-0.2, 0) is 16.2 Å². The summed E-state index contributed by atoms with van der Waals surface area (Å²) < 4.78 is 65.7. The number of nitrogens with zero attached hydrogens (tertiary/aromatic N) is 3. The van der Waals surface area contributed by atoms with E-state index in [1.54, 1.807) is 17.9 Å². The quantitative estimate of drug-likeness (QED) is 0.660. The van der Waals surface area contributed by atoms with Gasteiger partial charge in [0.2, 0.25) is 10.0 Å². The van der Waals surface area contributed by atoms with E-state index in [4.69, 9.17) is 23.2 Å². The predicted octanol–water partition coefficient (Wildman–Crippen LogP) is 4.62. The van der Waals surface area contributed by atoms with Gasteiger partial charge in [-0.25, -0.2) is 13.4 Å². The van der Waals surface area contributed by atoms with Crippen molar-refractivity contribution in [2.75, 3.05) is 31.1 Å². The van der Waals surface area contributed by atoms with Crippen LogP contribution in [0.4, 0.5) is 19.0 Å². The highest BCUT2D eigenvalue weighted by Crippen LogP contribution is 2.34. The average molecular weight is 468 g/mol. The number of rotatable bonds is 3. The summed E-state index contributed by atoms with van der Waals surface area (Å²) in [7, 11) is -3.75. The minimum Gasteiger partial charge on any atom is -0.354 e. The van der Waals surface area contributed by atoms with Gasteiger partial charge in [0.1, 0.15) is 5.82 Å². The Bertz CT molecular complexity index is 1020. The lowest BCUT2D eigenvalue weighted by Crippen LogP contribution is -2.35. The molecular formula is C18H18Cl2F3N3O2S. The van der Waals surface area contributed by atoms with E-state index in [0.717, 1.165) is 17.8 Å². The van der Waals surface area contributed by atoms with Gasteiger partial charge in [0.25, 0.3) is 0 Å². The second-order valence-corrected chi connectivity index (χ2v) is 9.44. The Labute approximate surface area is 177 Å². The van der Waals surface area contributed by atoms with Gasteiger partial charge in [0, 0.05) is 37.4 Å². The van der Waals surface area contributed by atoms with E-state index in [1.807, 2.05) is 0 Å². The molecule has 29 heavy (non-hydrogen) atoms. The SMILES string of the molecule is Cc1ccc(S(=O)(=O)N2CCCN(c3ncc(C(F)(F)F)cc3Cl)CC2)cc1Cl. The van der Waals surface area contributed by atoms with Crippen LogP contribution in [0.3, 0.4) is 0 Å². The van der Waals surface area contributed by atoms with Crippen molar-refractivity contribution >= 4 is 39.0 Å². The first kappa shape index (κ1) is 22.1. The Balaban J connectivity index is 1.79. The molecule has 1 aliphatic rings. The van der Waals surface area contributed by atoms with Gasteiger partial charge in [0.15, 0.2) is 0 Å². The molecule has 0 spiro atoms. The molecule has 5 nitrogen and oxygen atoms in total. The lowest BCUT2D eigenvalue weighted by atomic mass is 10.2. The van der Waals surface area contributed by atoms with Crippen LogP contribution in [-0.4, -0.2) is 43.9 Å². The zero-order chi connectivity index (χ0) is 21.4. The third kappa shape index (κ3) is 4.79. The molecule has 2 heterocycles. The number of pyridine rings is 1. The maximum Gasteiger partial charge on any atom is 0.417 e. The monoisotopic (exact) mass is 467 g/mol. The summed E-state index contributed by atoms with van der Waals surface area (Å²) in [6, 6.07) is 5.40. The molecule has 3 rings (SSSR count). The molecule has 0 N–H and O–H groups in total. The minimum absolute atomic E-state index is 0.104. The van der Waals surface area contributed by atoms with Gasteiger partial charge in [-0.15, -0.1) is 0 Å². The van der Waals surface area contributed by atoms with E-state index in [-0.39, 0.29) is 35.4 Å². The van der Waals surface area contributed by atoms with Crippen LogP contribution in [0.25, 0.3) is 0 Å². The molecule has 0 radical (unpaired) electrons. The van der Waals surface area contributed by atoms with E-state index < -0.39 is 21.8 Å². The fourth-order valence-corrected chi connectivity index (χ4v) is 5.07. The van der Waals surface area contributed by atoms with Crippen molar-refractivity contribution in [1.29, 1.82) is 0 Å². The standard InChI is InChI=1S/C18H18Cl2F3N3O2S/c1-12-3-4-14(10-15(12)19)29(27,28)26-6-2-5-25(7-8-26)17-16(20)9-13(11-24-17)18(21,22)23/h3-4,9-11H,2,5-8H2,1H3. The van der Waals surface area contributed by atoms with Crippen LogP contribution < -0.4 is 4.90 Å². The zero-order valence-electron chi connectivity index (χ0n) is 15.4. The molecule has 0 unspecified atom stereocenters. The van der Waals surface area contributed by atoms with Gasteiger partial charge in [-0.2, -0.15) is 17.5 Å². The summed E-state index contributed by atoms with van der Waals surface area (Å²) in [5, 5.41) is 0.240. The largest absolute Gasteiger partial charge is 0.417 e. The highest BCUT2D eigenvalue weighted by molar-refractivity contribution is 7.89. The first-order valence-corrected chi connectivity index (χ1v) is 10.9. The van der Waals surface area contributed by atoms with Gasteiger partial charge in [-0.3, -0.25) is 0 Å². The fraction of sp³-hybridized carbons (Fsp3) is 0.389. The van der Waals surface area contributed by atoms with Crippen LogP contribution in [0.5, 0.6) is 0 Å². The molecule has 158 valence electrons. The van der Waals surface area contributed by atoms with Gasteiger partial charge in [-0.1, -0.05) is 29.3 Å². The molecule has 11 heteroatoms. The van der Waals surface area contributed by atoms with Crippen molar-refractivity contribution in [2.24, 2.45) is 0 Å². The van der Waals surface area contributed by atoms with Crippen molar-refractivity contribution < 1.29 is 21.6 Å². The number of alkyl halides is 3. The molecule has 1 saturated heterocycles. The highest BCUT2D eigenvalue weighted by atomic mass is 35.5. The van der Waals surface area contributed by atoms with E-state index in [2.05, 4.69) is 4.98 Å². The molecule has 1 fully saturated rings. The van der Waals surface area contributed by atoms with Crippen molar-refractivity contribution in [2.45, 2.75) is 24.4 Å². The number of hydrogen-bond donors (Lipinski definition) is 0. The Hall–Kier alpha value is -1.55. The van der Waals surface area contributed by atoms with Gasteiger partial charge in [0.05, 0.1) is 15.5 Å². The van der Waals surface area contributed by atoms with E-state index >= 15 is 0 Å². The maximum atomic E-state index is 13.0. The maximum absolute atomic E-state index is 13.0. The molecule has 0 atom stereocenters. The molecule has 1 aromatic heterocycles. The Morgan fingerprint density at radius 3 is 2.38 bits per heavy atom. The topological polar surface area (TPSA) is 53.5 Å². The number of aryl methyl sites for hydroxylation is 1. The first-order chi connectivity index (χ1) is 13.5. The minimum atomic E-state index is -4.53. The van der Waals surface area contributed by atoms with Crippen molar-refractivity contribution in [3.05, 3.63) is 51.6 Å². The second-order valence-electron chi connectivity index (χ2n) is 6.68. The first-order valence-electron chi connectivity index (χ1n) is 8.74. The van der Waals surface area contributed by atoms with Gasteiger partial charge < -0.3 is 4.90 Å². The summed E-state index contributed by atoms with van der Waals surface area (Å²) in [4.78, 5) is 5.66. The fourth-order valence-electron chi connectivity index (χ4n) is 3.05. The second kappa shape index (κ2) is 8.29.